The molecule has 7 heteroatoms. The summed E-state index contributed by atoms with van der Waals surface area (Å²) in [5.41, 5.74) is 5.63. The molecule has 1 unspecified atom stereocenters. The second-order valence-corrected chi connectivity index (χ2v) is 5.89. The SMILES string of the molecule is CNCC1CCCN(C(=O)CCOc2ccc(C(N)=O)cc2)C1.Cl. The lowest BCUT2D eigenvalue weighted by atomic mass is 9.98. The van der Waals surface area contributed by atoms with Gasteiger partial charge in [0.15, 0.2) is 0 Å². The van der Waals surface area contributed by atoms with E-state index >= 15 is 0 Å². The molecule has 0 radical (unpaired) electrons. The summed E-state index contributed by atoms with van der Waals surface area (Å²) in [4.78, 5) is 25.2. The minimum atomic E-state index is -0.465. The van der Waals surface area contributed by atoms with Crippen LogP contribution in [0.15, 0.2) is 24.3 Å². The molecule has 1 aliphatic heterocycles. The van der Waals surface area contributed by atoms with Crippen molar-refractivity contribution >= 4 is 24.2 Å². The van der Waals surface area contributed by atoms with E-state index < -0.39 is 5.91 Å². The van der Waals surface area contributed by atoms with E-state index in [2.05, 4.69) is 5.32 Å². The van der Waals surface area contributed by atoms with Crippen LogP contribution in [0.3, 0.4) is 0 Å². The number of amides is 2. The van der Waals surface area contributed by atoms with E-state index in [-0.39, 0.29) is 18.3 Å². The number of nitrogens with one attached hydrogen (secondary N) is 1. The second-order valence-electron chi connectivity index (χ2n) is 5.89. The Morgan fingerprint density at radius 1 is 1.33 bits per heavy atom. The van der Waals surface area contributed by atoms with E-state index in [0.29, 0.717) is 30.3 Å². The van der Waals surface area contributed by atoms with E-state index in [9.17, 15) is 9.59 Å². The summed E-state index contributed by atoms with van der Waals surface area (Å²) in [5.74, 6) is 0.849. The first-order valence-corrected chi connectivity index (χ1v) is 8.05. The van der Waals surface area contributed by atoms with Gasteiger partial charge in [-0.15, -0.1) is 12.4 Å². The summed E-state index contributed by atoms with van der Waals surface area (Å²) in [6.07, 6.45) is 2.60. The number of carbonyl (C=O) groups excluding carboxylic acids is 2. The Labute approximate surface area is 149 Å². The number of hydrogen-bond donors (Lipinski definition) is 2. The average molecular weight is 356 g/mol. The maximum Gasteiger partial charge on any atom is 0.248 e. The maximum atomic E-state index is 12.2. The van der Waals surface area contributed by atoms with Crippen molar-refractivity contribution in [2.45, 2.75) is 19.3 Å². The zero-order valence-electron chi connectivity index (χ0n) is 14.0. The van der Waals surface area contributed by atoms with Crippen LogP contribution >= 0.6 is 12.4 Å². The molecule has 1 fully saturated rings. The fraction of sp³-hybridized carbons (Fsp3) is 0.529. The quantitative estimate of drug-likeness (QED) is 0.775. The van der Waals surface area contributed by atoms with Gasteiger partial charge in [-0.3, -0.25) is 9.59 Å². The molecule has 2 amide bonds. The highest BCUT2D eigenvalue weighted by Crippen LogP contribution is 2.17. The lowest BCUT2D eigenvalue weighted by molar-refractivity contribution is -0.133. The number of ether oxygens (including phenoxy) is 1. The Balaban J connectivity index is 0.00000288. The molecular formula is C17H26ClN3O3. The summed E-state index contributed by atoms with van der Waals surface area (Å²) < 4.78 is 5.56. The fourth-order valence-electron chi connectivity index (χ4n) is 2.88. The molecule has 1 saturated heterocycles. The summed E-state index contributed by atoms with van der Waals surface area (Å²) in [6.45, 7) is 2.95. The first-order chi connectivity index (χ1) is 11.1. The molecule has 1 aromatic carbocycles. The zero-order chi connectivity index (χ0) is 16.7. The van der Waals surface area contributed by atoms with Crippen LogP contribution in [0.5, 0.6) is 5.75 Å². The minimum Gasteiger partial charge on any atom is -0.493 e. The summed E-state index contributed by atoms with van der Waals surface area (Å²) >= 11 is 0. The highest BCUT2D eigenvalue weighted by Gasteiger charge is 2.22. The number of hydrogen-bond acceptors (Lipinski definition) is 4. The molecule has 0 spiro atoms. The number of likely N-dealkylation sites (tertiary alicyclic amines) is 1. The predicted molar refractivity (Wildman–Crippen MR) is 95.6 cm³/mol. The van der Waals surface area contributed by atoms with Gasteiger partial charge in [-0.05, 0) is 56.6 Å². The van der Waals surface area contributed by atoms with Gasteiger partial charge in [0.25, 0.3) is 0 Å². The summed E-state index contributed by atoms with van der Waals surface area (Å²) in [7, 11) is 1.94. The number of piperidine rings is 1. The normalized spacial score (nSPS) is 17.0. The summed E-state index contributed by atoms with van der Waals surface area (Å²) in [5, 5.41) is 3.18. The Kier molecular flexibility index (Phi) is 8.57. The Hall–Kier alpha value is -1.79. The molecule has 0 aliphatic carbocycles. The summed E-state index contributed by atoms with van der Waals surface area (Å²) in [6, 6.07) is 6.61. The van der Waals surface area contributed by atoms with Crippen LogP contribution in [0.1, 0.15) is 29.6 Å². The van der Waals surface area contributed by atoms with Crippen molar-refractivity contribution in [2.75, 3.05) is 33.3 Å². The molecule has 1 heterocycles. The van der Waals surface area contributed by atoms with Gasteiger partial charge in [0, 0.05) is 18.7 Å². The molecule has 0 bridgehead atoms. The van der Waals surface area contributed by atoms with Crippen molar-refractivity contribution in [3.05, 3.63) is 29.8 Å². The van der Waals surface area contributed by atoms with Gasteiger partial charge in [0.2, 0.25) is 11.8 Å². The molecular weight excluding hydrogens is 330 g/mol. The van der Waals surface area contributed by atoms with E-state index in [1.165, 1.54) is 6.42 Å². The number of nitrogens with two attached hydrogens (primary N) is 1. The van der Waals surface area contributed by atoms with Crippen molar-refractivity contribution < 1.29 is 14.3 Å². The average Bonchev–Trinajstić information content (AvgIpc) is 2.56. The van der Waals surface area contributed by atoms with Gasteiger partial charge in [0.05, 0.1) is 13.0 Å². The van der Waals surface area contributed by atoms with Crippen LogP contribution in [0.25, 0.3) is 0 Å². The number of nitrogens with zero attached hydrogens (tertiary/aromatic N) is 1. The van der Waals surface area contributed by atoms with E-state index in [0.717, 1.165) is 26.1 Å². The van der Waals surface area contributed by atoms with Crippen molar-refractivity contribution in [2.24, 2.45) is 11.7 Å². The first-order valence-electron chi connectivity index (χ1n) is 8.05. The van der Waals surface area contributed by atoms with Crippen molar-refractivity contribution in [3.63, 3.8) is 0 Å². The molecule has 0 saturated carbocycles. The van der Waals surface area contributed by atoms with Crippen LogP contribution in [-0.2, 0) is 4.79 Å². The molecule has 134 valence electrons. The molecule has 3 N–H and O–H groups in total. The van der Waals surface area contributed by atoms with E-state index in [4.69, 9.17) is 10.5 Å². The van der Waals surface area contributed by atoms with Gasteiger partial charge in [0.1, 0.15) is 5.75 Å². The number of primary amides is 1. The van der Waals surface area contributed by atoms with Crippen LogP contribution in [0, 0.1) is 5.92 Å². The maximum absolute atomic E-state index is 12.2. The zero-order valence-corrected chi connectivity index (χ0v) is 14.8. The van der Waals surface area contributed by atoms with Crippen LogP contribution in [0.4, 0.5) is 0 Å². The molecule has 1 atom stereocenters. The third kappa shape index (κ3) is 6.02. The molecule has 24 heavy (non-hydrogen) atoms. The van der Waals surface area contributed by atoms with Crippen molar-refractivity contribution in [1.29, 1.82) is 0 Å². The van der Waals surface area contributed by atoms with Gasteiger partial charge >= 0.3 is 0 Å². The topological polar surface area (TPSA) is 84.7 Å². The fourth-order valence-corrected chi connectivity index (χ4v) is 2.88. The standard InChI is InChI=1S/C17H25N3O3.ClH/c1-19-11-13-3-2-9-20(12-13)16(21)8-10-23-15-6-4-14(5-7-15)17(18)22;/h4-7,13,19H,2-3,8-12H2,1H3,(H2,18,22);1H. The monoisotopic (exact) mass is 355 g/mol. The van der Waals surface area contributed by atoms with Gasteiger partial charge in [-0.2, -0.15) is 0 Å². The lowest BCUT2D eigenvalue weighted by Gasteiger charge is -2.32. The molecule has 0 aromatic heterocycles. The lowest BCUT2D eigenvalue weighted by Crippen LogP contribution is -2.42. The predicted octanol–water partition coefficient (Wildman–Crippen LogP) is 1.43. The third-order valence-corrected chi connectivity index (χ3v) is 4.09. The van der Waals surface area contributed by atoms with Gasteiger partial charge in [-0.25, -0.2) is 0 Å². The van der Waals surface area contributed by atoms with E-state index in [1.807, 2.05) is 11.9 Å². The van der Waals surface area contributed by atoms with Crippen LogP contribution in [-0.4, -0.2) is 50.0 Å². The number of halogens is 1. The molecule has 6 nitrogen and oxygen atoms in total. The van der Waals surface area contributed by atoms with E-state index in [1.54, 1.807) is 24.3 Å². The largest absolute Gasteiger partial charge is 0.493 e. The van der Waals surface area contributed by atoms with Crippen LogP contribution < -0.4 is 15.8 Å². The first kappa shape index (κ1) is 20.3. The Morgan fingerprint density at radius 3 is 2.67 bits per heavy atom. The van der Waals surface area contributed by atoms with Gasteiger partial charge in [-0.1, -0.05) is 0 Å². The Bertz CT molecular complexity index is 534. The Morgan fingerprint density at radius 2 is 2.04 bits per heavy atom. The number of rotatable bonds is 7. The number of carbonyl (C=O) groups is 2. The highest BCUT2D eigenvalue weighted by molar-refractivity contribution is 5.92. The molecule has 1 aromatic rings. The smallest absolute Gasteiger partial charge is 0.248 e. The third-order valence-electron chi connectivity index (χ3n) is 4.09. The highest BCUT2D eigenvalue weighted by atomic mass is 35.5. The van der Waals surface area contributed by atoms with Crippen LogP contribution in [0.2, 0.25) is 0 Å². The van der Waals surface area contributed by atoms with Crippen molar-refractivity contribution in [1.82, 2.24) is 10.2 Å². The molecule has 1 aliphatic rings. The number of benzene rings is 1. The second kappa shape index (κ2) is 10.2. The van der Waals surface area contributed by atoms with Crippen molar-refractivity contribution in [3.8, 4) is 5.75 Å². The minimum absolute atomic E-state index is 0. The molecule has 2 rings (SSSR count). The van der Waals surface area contributed by atoms with Gasteiger partial charge < -0.3 is 20.7 Å².